The van der Waals surface area contributed by atoms with Gasteiger partial charge in [-0.3, -0.25) is 9.59 Å². The van der Waals surface area contributed by atoms with Gasteiger partial charge in [0.25, 0.3) is 0 Å². The molecule has 0 spiro atoms. The zero-order valence-corrected chi connectivity index (χ0v) is 48.3. The largest absolute Gasteiger partial charge is 0.506 e. The monoisotopic (exact) mass is 1340 g/mol. The number of aliphatic hydroxyl groups is 23. The molecule has 0 aromatic carbocycles. The van der Waals surface area contributed by atoms with Crippen molar-refractivity contribution < 1.29 is 185 Å². The Morgan fingerprint density at radius 1 is 0.371 bits per heavy atom. The molecule has 29 N–H and O–H groups in total. The Kier molecular flexibility index (Phi) is 31.6. The minimum Gasteiger partial charge on any atom is -0.506 e. The number of nitrogens with two attached hydrogens (primary N) is 2. The van der Waals surface area contributed by atoms with Gasteiger partial charge in [-0.25, -0.2) is 0 Å². The molecule has 9 unspecified atom stereocenters. The van der Waals surface area contributed by atoms with Crippen LogP contribution >= 0.6 is 23.5 Å². The molecule has 25 atom stereocenters. The van der Waals surface area contributed by atoms with Crippen LogP contribution in [0.5, 0.6) is 0 Å². The SMILES string of the molecule is N[C@H](CSCC[C@H]1O[C@H]2OC(CO)[C@@H](O[C@@H]3OC(CO)[C@@H](O[C@@H](O)/C(O)=C(/O)[C@@H](CCO)O[C@@H]4OC(CSC[C@@H](N)C(=O)O)[C@@H](O[C@H](O)/C(O)=C(/O)[C@@H](CCO)O[C@H](O)/C(O)=C(/O)[C@@H](CCO)O[C@@H](O)/C(O)=C\1O)C(O)C4O)C(O)C3O)C(O)C2O)C(=O)O. The number of fused-ring (bicyclic) bond motifs is 3. The Labute approximate surface area is 511 Å². The van der Waals surface area contributed by atoms with Crippen LogP contribution in [-0.2, 0) is 57.0 Å². The summed E-state index contributed by atoms with van der Waals surface area (Å²) in [5.74, 6) is -16.8. The lowest BCUT2D eigenvalue weighted by molar-refractivity contribution is -0.368. The molecule has 41 heteroatoms. The molecule has 0 aliphatic carbocycles. The van der Waals surface area contributed by atoms with Crippen LogP contribution in [0.3, 0.4) is 0 Å². The highest BCUT2D eigenvalue weighted by Crippen LogP contribution is 2.35. The van der Waals surface area contributed by atoms with Gasteiger partial charge in [0, 0.05) is 56.3 Å². The van der Waals surface area contributed by atoms with Crippen LogP contribution in [0.25, 0.3) is 0 Å². The molecule has 0 amide bonds. The number of rotatable bonds is 19. The smallest absolute Gasteiger partial charge is 0.321 e. The van der Waals surface area contributed by atoms with E-state index in [1.807, 2.05) is 0 Å². The molecule has 3 fully saturated rings. The second-order valence-corrected chi connectivity index (χ2v) is 22.3. The van der Waals surface area contributed by atoms with Crippen LogP contribution in [0.15, 0.2) is 46.1 Å². The van der Waals surface area contributed by atoms with E-state index in [4.69, 9.17) is 58.8 Å². The average molecular weight is 1340 g/mol. The summed E-state index contributed by atoms with van der Waals surface area (Å²) >= 11 is 1.51. The van der Waals surface area contributed by atoms with Crippen LogP contribution < -0.4 is 11.5 Å². The summed E-state index contributed by atoms with van der Waals surface area (Å²) in [7, 11) is 0. The van der Waals surface area contributed by atoms with Crippen LogP contribution in [-0.4, -0.2) is 349 Å². The minimum atomic E-state index is -2.88. The third-order valence-electron chi connectivity index (χ3n) is 13.7. The molecule has 89 heavy (non-hydrogen) atoms. The van der Waals surface area contributed by atoms with Crippen LogP contribution in [0.4, 0.5) is 0 Å². The molecule has 7 aliphatic rings. The number of carboxylic acid groups (broad SMARTS) is 2. The lowest BCUT2D eigenvalue weighted by Crippen LogP contribution is -2.65. The van der Waals surface area contributed by atoms with Crippen molar-refractivity contribution in [1.82, 2.24) is 0 Å². The Bertz CT molecular complexity index is 2340. The Morgan fingerprint density at radius 3 is 1.01 bits per heavy atom. The molecule has 3 saturated heterocycles. The highest BCUT2D eigenvalue weighted by atomic mass is 32.2. The number of aliphatic hydroxyl groups excluding tert-OH is 23. The van der Waals surface area contributed by atoms with E-state index in [0.717, 1.165) is 11.8 Å². The van der Waals surface area contributed by atoms with Crippen molar-refractivity contribution in [3.63, 3.8) is 0 Å². The van der Waals surface area contributed by atoms with Crippen molar-refractivity contribution in [2.75, 3.05) is 56.0 Å². The van der Waals surface area contributed by atoms with E-state index in [2.05, 4.69) is 0 Å². The average Bonchev–Trinajstić information content (AvgIpc) is 1.89. The maximum atomic E-state index is 11.5. The molecule has 0 aromatic rings. The fourth-order valence-corrected chi connectivity index (χ4v) is 10.8. The summed E-state index contributed by atoms with van der Waals surface area (Å²) in [5, 5.41) is 270. The third-order valence-corrected chi connectivity index (χ3v) is 16.0. The highest BCUT2D eigenvalue weighted by Gasteiger charge is 2.54. The summed E-state index contributed by atoms with van der Waals surface area (Å²) in [6.45, 7) is -5.27. The normalized spacial score (nSPS) is 41.6. The van der Waals surface area contributed by atoms with Crippen LogP contribution in [0, 0.1) is 0 Å². The van der Waals surface area contributed by atoms with Gasteiger partial charge in [-0.05, 0) is 12.2 Å². The molecular weight excluding hydrogens is 1260 g/mol. The molecule has 6 bridgehead atoms. The van der Waals surface area contributed by atoms with Gasteiger partial charge < -0.3 is 186 Å². The molecule has 0 aromatic heterocycles. The van der Waals surface area contributed by atoms with Crippen molar-refractivity contribution in [1.29, 1.82) is 0 Å². The van der Waals surface area contributed by atoms with E-state index in [-0.39, 0.29) is 11.5 Å². The van der Waals surface area contributed by atoms with Crippen molar-refractivity contribution in [2.24, 2.45) is 11.5 Å². The molecule has 39 nitrogen and oxygen atoms in total. The highest BCUT2D eigenvalue weighted by molar-refractivity contribution is 7.99. The number of hydrogen-bond donors (Lipinski definition) is 27. The Hall–Kier alpha value is -4.08. The predicted octanol–water partition coefficient (Wildman–Crippen LogP) is -8.57. The summed E-state index contributed by atoms with van der Waals surface area (Å²) in [5.41, 5.74) is 11.2. The lowest BCUT2D eigenvalue weighted by Gasteiger charge is -2.47. The van der Waals surface area contributed by atoms with Crippen molar-refractivity contribution in [3.8, 4) is 0 Å². The minimum absolute atomic E-state index is 0.242. The lowest BCUT2D eigenvalue weighted by atomic mass is 9.96. The number of thioether (sulfide) groups is 2. The first kappa shape index (κ1) is 77.4. The molecular formula is C48H80N2O37S2. The summed E-state index contributed by atoms with van der Waals surface area (Å²) in [6.07, 6.45) is -55.4. The topological polar surface area (TPSA) is 684 Å². The molecule has 7 heterocycles. The van der Waals surface area contributed by atoms with E-state index in [1.54, 1.807) is 0 Å². The zero-order valence-electron chi connectivity index (χ0n) is 46.7. The van der Waals surface area contributed by atoms with Crippen molar-refractivity contribution >= 4 is 35.5 Å². The van der Waals surface area contributed by atoms with Gasteiger partial charge in [0.2, 0.25) is 25.2 Å². The number of aliphatic carboxylic acids is 2. The quantitative estimate of drug-likeness (QED) is 0.0534. The fraction of sp³-hybridized carbons (Fsp3) is 0.792. The first-order chi connectivity index (χ1) is 41.9. The van der Waals surface area contributed by atoms with E-state index >= 15 is 0 Å². The van der Waals surface area contributed by atoms with Crippen molar-refractivity contribution in [2.45, 2.75) is 179 Å². The Balaban J connectivity index is 1.86. The van der Waals surface area contributed by atoms with Gasteiger partial charge in [-0.15, -0.1) is 0 Å². The molecule has 0 saturated carbocycles. The predicted molar refractivity (Wildman–Crippen MR) is 289 cm³/mol. The van der Waals surface area contributed by atoms with Crippen molar-refractivity contribution in [3.05, 3.63) is 46.1 Å². The first-order valence-corrected chi connectivity index (χ1v) is 29.2. The maximum absolute atomic E-state index is 11.5. The summed E-state index contributed by atoms with van der Waals surface area (Å²) in [4.78, 5) is 22.9. The van der Waals surface area contributed by atoms with Gasteiger partial charge in [-0.2, -0.15) is 23.5 Å². The summed E-state index contributed by atoms with van der Waals surface area (Å²) < 4.78 is 55.0. The maximum Gasteiger partial charge on any atom is 0.321 e. The fourth-order valence-electron chi connectivity index (χ4n) is 8.78. The molecule has 7 aliphatic heterocycles. The number of carbonyl (C=O) groups is 2. The molecule has 7 rings (SSSR count). The third kappa shape index (κ3) is 20.5. The van der Waals surface area contributed by atoms with Gasteiger partial charge in [0.15, 0.2) is 64.9 Å². The van der Waals surface area contributed by atoms with Crippen LogP contribution in [0.2, 0.25) is 0 Å². The standard InChI is InChI=1S/C48H80N2O37S2/c49-14(40(70)71)11-88-8-4-19-26(59)31(64)43(75)78-16(1-5-51)23(56)30(63)42(74)79-17(2-6-52)24(57)32(65)45(77)86-39-22(13-89-12-15(50)41(72)73)84-47(35(68)29(39)62)80-18(3-7-53)25(58)33(66)44(76)85-37-20(9-54)83-48(36(69)27(37)60)87-38-21(10-55)82-46(81-19)34(67)28(38)61/h14-22,27-29,34-39,42-48,51-69,74-77H,1-13,49-50H2,(H,70,71)(H,72,73)/b30-23-,31-26-,32-24-,33-25-/t14-,15-,16-,17-,18-,19-,20?,21?,22?,27?,28?,29?,34?,35?,36?,37-,38-,39-,42+,43-,44-,45+,46+,47-,48+/m1/s1. The number of ether oxygens (including phenoxy) is 10. The van der Waals surface area contributed by atoms with Gasteiger partial charge >= 0.3 is 11.9 Å². The van der Waals surface area contributed by atoms with Gasteiger partial charge in [-0.1, -0.05) is 0 Å². The molecule has 0 radical (unpaired) electrons. The number of carboxylic acids is 2. The Morgan fingerprint density at radius 2 is 0.663 bits per heavy atom. The van der Waals surface area contributed by atoms with Gasteiger partial charge in [0.05, 0.1) is 19.3 Å². The van der Waals surface area contributed by atoms with E-state index < -0.39 is 282 Å². The summed E-state index contributed by atoms with van der Waals surface area (Å²) in [6, 6.07) is -2.97. The number of hydrogen-bond acceptors (Lipinski definition) is 39. The second-order valence-electron chi connectivity index (χ2n) is 20.1. The van der Waals surface area contributed by atoms with Gasteiger partial charge in [0.1, 0.15) is 104 Å². The molecule has 516 valence electrons. The zero-order chi connectivity index (χ0) is 66.9. The first-order valence-electron chi connectivity index (χ1n) is 26.9. The van der Waals surface area contributed by atoms with Crippen LogP contribution in [0.1, 0.15) is 25.7 Å². The second kappa shape index (κ2) is 36.4. The van der Waals surface area contributed by atoms with E-state index in [1.165, 1.54) is 0 Å². The van der Waals surface area contributed by atoms with E-state index in [0.29, 0.717) is 11.8 Å². The van der Waals surface area contributed by atoms with E-state index in [9.17, 15) is 137 Å².